The summed E-state index contributed by atoms with van der Waals surface area (Å²) in [5, 5.41) is 7.67. The molecule has 0 radical (unpaired) electrons. The number of nitrogens with zero attached hydrogens (tertiary/aromatic N) is 5. The maximum absolute atomic E-state index is 11.7. The van der Waals surface area contributed by atoms with E-state index in [1.165, 1.54) is 6.33 Å². The van der Waals surface area contributed by atoms with Gasteiger partial charge in [0, 0.05) is 30.9 Å². The lowest BCUT2D eigenvalue weighted by atomic mass is 10.1. The van der Waals surface area contributed by atoms with Gasteiger partial charge in [-0.25, -0.2) is 9.78 Å². The van der Waals surface area contributed by atoms with Gasteiger partial charge in [0.25, 0.3) is 5.78 Å². The number of rotatable bonds is 3. The molecule has 0 saturated carbocycles. The van der Waals surface area contributed by atoms with Crippen LogP contribution < -0.4 is 5.32 Å². The summed E-state index contributed by atoms with van der Waals surface area (Å²) in [6.45, 7) is 5.56. The number of carbonyl (C=O) groups is 1. The van der Waals surface area contributed by atoms with Crippen molar-refractivity contribution in [1.82, 2.24) is 24.5 Å². The van der Waals surface area contributed by atoms with Crippen molar-refractivity contribution in [3.8, 4) is 0 Å². The van der Waals surface area contributed by atoms with Crippen LogP contribution in [-0.4, -0.2) is 56.3 Å². The van der Waals surface area contributed by atoms with Crippen LogP contribution in [0, 0.1) is 6.92 Å². The second kappa shape index (κ2) is 6.17. The molecule has 1 fully saturated rings. The van der Waals surface area contributed by atoms with Gasteiger partial charge in [-0.3, -0.25) is 0 Å². The molecule has 1 aliphatic rings. The molecule has 0 aliphatic carbocycles. The van der Waals surface area contributed by atoms with E-state index >= 15 is 0 Å². The molecular weight excluding hydrogens is 284 g/mol. The highest BCUT2D eigenvalue weighted by Crippen LogP contribution is 2.18. The van der Waals surface area contributed by atoms with Gasteiger partial charge in [0.2, 0.25) is 0 Å². The van der Waals surface area contributed by atoms with Crippen molar-refractivity contribution in [3.05, 3.63) is 18.1 Å². The fourth-order valence-corrected chi connectivity index (χ4v) is 2.66. The molecule has 22 heavy (non-hydrogen) atoms. The van der Waals surface area contributed by atoms with Crippen LogP contribution in [-0.2, 0) is 4.74 Å². The molecule has 0 bridgehead atoms. The molecule has 3 heterocycles. The molecule has 8 nitrogen and oxygen atoms in total. The summed E-state index contributed by atoms with van der Waals surface area (Å²) >= 11 is 0. The standard InChI is InChI=1S/C14H20N6O2/c1-3-22-14(21)19-6-4-11(5-7-19)18-12-8-10(2)17-13-15-9-16-20(12)13/h8-9,11,18H,3-7H2,1-2H3. The predicted octanol–water partition coefficient (Wildman–Crippen LogP) is 1.47. The first-order valence-corrected chi connectivity index (χ1v) is 7.53. The third kappa shape index (κ3) is 2.95. The van der Waals surface area contributed by atoms with Crippen molar-refractivity contribution in [2.45, 2.75) is 32.7 Å². The number of aromatic nitrogens is 4. The molecule has 118 valence electrons. The number of carbonyl (C=O) groups excluding carboxylic acids is 1. The zero-order valence-electron chi connectivity index (χ0n) is 12.8. The van der Waals surface area contributed by atoms with Crippen LogP contribution in [0.25, 0.3) is 5.78 Å². The van der Waals surface area contributed by atoms with Crippen molar-refractivity contribution in [1.29, 1.82) is 0 Å². The highest BCUT2D eigenvalue weighted by molar-refractivity contribution is 5.67. The molecule has 1 aliphatic heterocycles. The molecule has 0 aromatic carbocycles. The van der Waals surface area contributed by atoms with E-state index in [2.05, 4.69) is 20.4 Å². The topological polar surface area (TPSA) is 84.6 Å². The maximum atomic E-state index is 11.7. The summed E-state index contributed by atoms with van der Waals surface area (Å²) in [6, 6.07) is 2.25. The number of piperidine rings is 1. The van der Waals surface area contributed by atoms with E-state index in [1.807, 2.05) is 19.9 Å². The number of aryl methyl sites for hydroxylation is 1. The molecule has 1 amide bonds. The first kappa shape index (κ1) is 14.6. The molecule has 2 aromatic heterocycles. The summed E-state index contributed by atoms with van der Waals surface area (Å²) in [6.07, 6.45) is 3.02. The minimum Gasteiger partial charge on any atom is -0.450 e. The van der Waals surface area contributed by atoms with Gasteiger partial charge in [0.15, 0.2) is 0 Å². The molecule has 1 saturated heterocycles. The van der Waals surface area contributed by atoms with E-state index in [9.17, 15) is 4.79 Å². The maximum Gasteiger partial charge on any atom is 0.409 e. The number of ether oxygens (including phenoxy) is 1. The highest BCUT2D eigenvalue weighted by Gasteiger charge is 2.24. The number of hydrogen-bond acceptors (Lipinski definition) is 6. The van der Waals surface area contributed by atoms with Crippen LogP contribution in [0.5, 0.6) is 0 Å². The van der Waals surface area contributed by atoms with E-state index in [0.717, 1.165) is 24.4 Å². The fourth-order valence-electron chi connectivity index (χ4n) is 2.66. The Bertz CT molecular complexity index is 662. The van der Waals surface area contributed by atoms with Crippen LogP contribution in [0.4, 0.5) is 10.6 Å². The smallest absolute Gasteiger partial charge is 0.409 e. The van der Waals surface area contributed by atoms with Crippen molar-refractivity contribution in [2.24, 2.45) is 0 Å². The monoisotopic (exact) mass is 304 g/mol. The number of fused-ring (bicyclic) bond motifs is 1. The Kier molecular flexibility index (Phi) is 4.08. The van der Waals surface area contributed by atoms with E-state index in [0.29, 0.717) is 31.5 Å². The average molecular weight is 304 g/mol. The Morgan fingerprint density at radius 1 is 1.45 bits per heavy atom. The molecule has 0 spiro atoms. The van der Waals surface area contributed by atoms with E-state index in [1.54, 1.807) is 9.42 Å². The van der Waals surface area contributed by atoms with Gasteiger partial charge in [0.1, 0.15) is 12.1 Å². The number of nitrogens with one attached hydrogen (secondary N) is 1. The Labute approximate surface area is 128 Å². The molecule has 0 atom stereocenters. The highest BCUT2D eigenvalue weighted by atomic mass is 16.6. The molecule has 8 heteroatoms. The molecule has 2 aromatic rings. The summed E-state index contributed by atoms with van der Waals surface area (Å²) in [4.78, 5) is 21.9. The Hall–Kier alpha value is -2.38. The number of anilines is 1. The van der Waals surface area contributed by atoms with Gasteiger partial charge in [-0.05, 0) is 26.7 Å². The lowest BCUT2D eigenvalue weighted by molar-refractivity contribution is 0.0983. The van der Waals surface area contributed by atoms with Gasteiger partial charge in [-0.1, -0.05) is 0 Å². The van der Waals surface area contributed by atoms with Crippen molar-refractivity contribution >= 4 is 17.7 Å². The Morgan fingerprint density at radius 3 is 2.95 bits per heavy atom. The number of likely N-dealkylation sites (tertiary alicyclic amines) is 1. The van der Waals surface area contributed by atoms with Crippen LogP contribution in [0.1, 0.15) is 25.5 Å². The third-order valence-electron chi connectivity index (χ3n) is 3.75. The van der Waals surface area contributed by atoms with Crippen molar-refractivity contribution < 1.29 is 9.53 Å². The zero-order valence-corrected chi connectivity index (χ0v) is 12.8. The predicted molar refractivity (Wildman–Crippen MR) is 80.8 cm³/mol. The molecule has 3 rings (SSSR count). The molecule has 1 N–H and O–H groups in total. The summed E-state index contributed by atoms with van der Waals surface area (Å²) in [5.74, 6) is 1.47. The zero-order chi connectivity index (χ0) is 15.5. The minimum atomic E-state index is -0.223. The lowest BCUT2D eigenvalue weighted by Crippen LogP contribution is -2.42. The second-order valence-electron chi connectivity index (χ2n) is 5.36. The second-order valence-corrected chi connectivity index (χ2v) is 5.36. The van der Waals surface area contributed by atoms with Crippen LogP contribution in [0.15, 0.2) is 12.4 Å². The Balaban J connectivity index is 1.65. The van der Waals surface area contributed by atoms with E-state index < -0.39 is 0 Å². The van der Waals surface area contributed by atoms with E-state index in [4.69, 9.17) is 4.74 Å². The van der Waals surface area contributed by atoms with Crippen molar-refractivity contribution in [2.75, 3.05) is 25.0 Å². The van der Waals surface area contributed by atoms with Crippen LogP contribution in [0.3, 0.4) is 0 Å². The van der Waals surface area contributed by atoms with Gasteiger partial charge in [-0.15, -0.1) is 0 Å². The third-order valence-corrected chi connectivity index (χ3v) is 3.75. The normalized spacial score (nSPS) is 16.0. The quantitative estimate of drug-likeness (QED) is 0.924. The number of amides is 1. The molecular formula is C14H20N6O2. The Morgan fingerprint density at radius 2 is 2.23 bits per heavy atom. The van der Waals surface area contributed by atoms with E-state index in [-0.39, 0.29) is 6.09 Å². The SMILES string of the molecule is CCOC(=O)N1CCC(Nc2cc(C)nc3ncnn23)CC1. The van der Waals surface area contributed by atoms with Crippen LogP contribution in [0.2, 0.25) is 0 Å². The number of hydrogen-bond donors (Lipinski definition) is 1. The summed E-state index contributed by atoms with van der Waals surface area (Å²) in [5.41, 5.74) is 0.895. The summed E-state index contributed by atoms with van der Waals surface area (Å²) < 4.78 is 6.73. The van der Waals surface area contributed by atoms with Crippen molar-refractivity contribution in [3.63, 3.8) is 0 Å². The first-order valence-electron chi connectivity index (χ1n) is 7.53. The van der Waals surface area contributed by atoms with Gasteiger partial charge in [0.05, 0.1) is 6.61 Å². The van der Waals surface area contributed by atoms with Gasteiger partial charge in [-0.2, -0.15) is 14.6 Å². The lowest BCUT2D eigenvalue weighted by Gasteiger charge is -2.32. The van der Waals surface area contributed by atoms with Crippen LogP contribution >= 0.6 is 0 Å². The minimum absolute atomic E-state index is 0.223. The summed E-state index contributed by atoms with van der Waals surface area (Å²) in [7, 11) is 0. The molecule has 0 unspecified atom stereocenters. The van der Waals surface area contributed by atoms with Gasteiger partial charge < -0.3 is 15.0 Å². The first-order chi connectivity index (χ1) is 10.7. The van der Waals surface area contributed by atoms with Gasteiger partial charge >= 0.3 is 6.09 Å². The fraction of sp³-hybridized carbons (Fsp3) is 0.571. The average Bonchev–Trinajstić information content (AvgIpc) is 2.96. The largest absolute Gasteiger partial charge is 0.450 e.